The zero-order valence-electron chi connectivity index (χ0n) is 11.8. The fraction of sp³-hybridized carbons (Fsp3) is 0.0625. The van der Waals surface area contributed by atoms with Crippen molar-refractivity contribution in [2.75, 3.05) is 5.73 Å². The van der Waals surface area contributed by atoms with Gasteiger partial charge in [0, 0.05) is 12.6 Å². The van der Waals surface area contributed by atoms with Gasteiger partial charge in [0.15, 0.2) is 0 Å². The number of benzene rings is 1. The Morgan fingerprint density at radius 2 is 2.18 bits per heavy atom. The van der Waals surface area contributed by atoms with Gasteiger partial charge in [0.1, 0.15) is 17.0 Å². The van der Waals surface area contributed by atoms with Gasteiger partial charge in [-0.15, -0.1) is 11.3 Å². The molecule has 4 aromatic rings. The lowest BCUT2D eigenvalue weighted by Gasteiger charge is -2.03. The first kappa shape index (κ1) is 13.0. The van der Waals surface area contributed by atoms with E-state index in [1.165, 1.54) is 6.33 Å². The lowest BCUT2D eigenvalue weighted by atomic mass is 10.1. The van der Waals surface area contributed by atoms with Crippen molar-refractivity contribution in [3.05, 3.63) is 49.1 Å². The standard InChI is InChI=1S/C16H12N5S/c1-21-9-20-13(10-5-3-2-4-6-10)14(21)12-7-11-15(17)18-8-19-16(11)22-12/h2-3,5-9H,1H3,(H2,17,18,19). The van der Waals surface area contributed by atoms with E-state index in [0.717, 1.165) is 32.0 Å². The molecule has 0 amide bonds. The van der Waals surface area contributed by atoms with Crippen LogP contribution >= 0.6 is 11.3 Å². The Morgan fingerprint density at radius 3 is 2.95 bits per heavy atom. The largest absolute Gasteiger partial charge is 0.383 e. The summed E-state index contributed by atoms with van der Waals surface area (Å²) in [5.74, 6) is 0.504. The fourth-order valence-corrected chi connectivity index (χ4v) is 3.56. The van der Waals surface area contributed by atoms with Gasteiger partial charge in [-0.2, -0.15) is 0 Å². The Hall–Kier alpha value is -2.73. The molecule has 0 fully saturated rings. The lowest BCUT2D eigenvalue weighted by Crippen LogP contribution is -1.90. The molecule has 0 aliphatic rings. The molecule has 3 aromatic heterocycles. The molecule has 0 unspecified atom stereocenters. The summed E-state index contributed by atoms with van der Waals surface area (Å²) < 4.78 is 2.01. The maximum absolute atomic E-state index is 5.94. The molecule has 0 aliphatic heterocycles. The van der Waals surface area contributed by atoms with E-state index in [1.54, 1.807) is 11.3 Å². The maximum atomic E-state index is 5.94. The van der Waals surface area contributed by atoms with Gasteiger partial charge in [-0.05, 0) is 18.2 Å². The van der Waals surface area contributed by atoms with E-state index in [2.05, 4.69) is 21.0 Å². The number of anilines is 1. The highest BCUT2D eigenvalue weighted by atomic mass is 32.1. The molecule has 1 aromatic carbocycles. The maximum Gasteiger partial charge on any atom is 0.135 e. The summed E-state index contributed by atoms with van der Waals surface area (Å²) in [4.78, 5) is 14.8. The molecule has 0 spiro atoms. The highest BCUT2D eigenvalue weighted by Gasteiger charge is 2.16. The quantitative estimate of drug-likeness (QED) is 0.617. The van der Waals surface area contributed by atoms with Crippen molar-refractivity contribution in [2.24, 2.45) is 7.05 Å². The Labute approximate surface area is 131 Å². The van der Waals surface area contributed by atoms with Crippen LogP contribution in [-0.4, -0.2) is 19.5 Å². The predicted octanol–water partition coefficient (Wildman–Crippen LogP) is 3.14. The third-order valence-corrected chi connectivity index (χ3v) is 4.56. The molecule has 2 N–H and O–H groups in total. The molecular weight excluding hydrogens is 294 g/mol. The van der Waals surface area contributed by atoms with Crippen LogP contribution in [-0.2, 0) is 7.05 Å². The summed E-state index contributed by atoms with van der Waals surface area (Å²) in [5.41, 5.74) is 8.95. The minimum Gasteiger partial charge on any atom is -0.383 e. The molecule has 0 aliphatic carbocycles. The van der Waals surface area contributed by atoms with Gasteiger partial charge in [-0.1, -0.05) is 18.2 Å². The molecular formula is C16H12N5S. The predicted molar refractivity (Wildman–Crippen MR) is 88.3 cm³/mol. The van der Waals surface area contributed by atoms with Crippen LogP contribution in [0.2, 0.25) is 0 Å². The summed E-state index contributed by atoms with van der Waals surface area (Å²) in [5, 5.41) is 0.884. The first-order valence-electron chi connectivity index (χ1n) is 6.72. The smallest absolute Gasteiger partial charge is 0.135 e. The van der Waals surface area contributed by atoms with Crippen LogP contribution in [0.4, 0.5) is 5.82 Å². The number of rotatable bonds is 2. The lowest BCUT2D eigenvalue weighted by molar-refractivity contribution is 0.923. The fourth-order valence-electron chi connectivity index (χ4n) is 2.46. The number of imidazole rings is 1. The molecule has 6 heteroatoms. The third kappa shape index (κ3) is 1.96. The van der Waals surface area contributed by atoms with Crippen molar-refractivity contribution >= 4 is 27.4 Å². The number of nitrogen functional groups attached to an aromatic ring is 1. The van der Waals surface area contributed by atoms with Gasteiger partial charge >= 0.3 is 0 Å². The van der Waals surface area contributed by atoms with Crippen molar-refractivity contribution in [2.45, 2.75) is 0 Å². The molecule has 3 heterocycles. The van der Waals surface area contributed by atoms with Crippen LogP contribution in [0.15, 0.2) is 43.0 Å². The first-order chi connectivity index (χ1) is 10.7. The van der Waals surface area contributed by atoms with Gasteiger partial charge in [-0.25, -0.2) is 15.0 Å². The van der Waals surface area contributed by atoms with Crippen LogP contribution < -0.4 is 5.73 Å². The second-order valence-corrected chi connectivity index (χ2v) is 5.96. The SMILES string of the molecule is Cn1cnc(-c2c[c]ccc2)c1-c1cc2c(N)ncnc2s1. The second kappa shape index (κ2) is 4.92. The van der Waals surface area contributed by atoms with Crippen molar-refractivity contribution in [3.63, 3.8) is 0 Å². The summed E-state index contributed by atoms with van der Waals surface area (Å²) in [6, 6.07) is 12.9. The van der Waals surface area contributed by atoms with Crippen LogP contribution in [0.3, 0.4) is 0 Å². The zero-order valence-corrected chi connectivity index (χ0v) is 12.6. The van der Waals surface area contributed by atoms with Crippen LogP contribution in [0.5, 0.6) is 0 Å². The second-order valence-electron chi connectivity index (χ2n) is 4.93. The van der Waals surface area contributed by atoms with E-state index in [0.29, 0.717) is 5.82 Å². The van der Waals surface area contributed by atoms with Crippen molar-refractivity contribution < 1.29 is 0 Å². The van der Waals surface area contributed by atoms with E-state index < -0.39 is 0 Å². The van der Waals surface area contributed by atoms with Gasteiger partial charge in [-0.3, -0.25) is 0 Å². The van der Waals surface area contributed by atoms with E-state index in [9.17, 15) is 0 Å². The zero-order chi connectivity index (χ0) is 15.1. The molecule has 4 rings (SSSR count). The number of aryl methyl sites for hydroxylation is 1. The van der Waals surface area contributed by atoms with E-state index in [1.807, 2.05) is 48.3 Å². The van der Waals surface area contributed by atoms with Crippen molar-refractivity contribution in [3.8, 4) is 21.8 Å². The number of hydrogen-bond donors (Lipinski definition) is 1. The van der Waals surface area contributed by atoms with Gasteiger partial charge in [0.25, 0.3) is 0 Å². The van der Waals surface area contributed by atoms with Crippen LogP contribution in [0, 0.1) is 6.07 Å². The molecule has 0 saturated carbocycles. The molecule has 1 radical (unpaired) electrons. The van der Waals surface area contributed by atoms with Crippen molar-refractivity contribution in [1.29, 1.82) is 0 Å². The van der Waals surface area contributed by atoms with E-state index in [-0.39, 0.29) is 0 Å². The van der Waals surface area contributed by atoms with Gasteiger partial charge in [0.2, 0.25) is 0 Å². The van der Waals surface area contributed by atoms with Crippen molar-refractivity contribution in [1.82, 2.24) is 19.5 Å². The average Bonchev–Trinajstić information content (AvgIpc) is 3.12. The number of nitrogens with two attached hydrogens (primary N) is 1. The Balaban J connectivity index is 1.95. The van der Waals surface area contributed by atoms with Gasteiger partial charge in [0.05, 0.1) is 28.0 Å². The summed E-state index contributed by atoms with van der Waals surface area (Å²) in [7, 11) is 1.98. The third-order valence-electron chi connectivity index (χ3n) is 3.51. The molecule has 107 valence electrons. The minimum atomic E-state index is 0.504. The van der Waals surface area contributed by atoms with E-state index >= 15 is 0 Å². The molecule has 0 saturated heterocycles. The number of aromatic nitrogens is 4. The first-order valence-corrected chi connectivity index (χ1v) is 7.54. The number of fused-ring (bicyclic) bond motifs is 1. The topological polar surface area (TPSA) is 69.6 Å². The molecule has 0 bridgehead atoms. The summed E-state index contributed by atoms with van der Waals surface area (Å²) in [6.07, 6.45) is 3.31. The van der Waals surface area contributed by atoms with Crippen LogP contribution in [0.25, 0.3) is 32.0 Å². The molecule has 5 nitrogen and oxygen atoms in total. The van der Waals surface area contributed by atoms with E-state index in [4.69, 9.17) is 5.73 Å². The van der Waals surface area contributed by atoms with Crippen LogP contribution in [0.1, 0.15) is 0 Å². The monoisotopic (exact) mass is 306 g/mol. The Kier molecular flexibility index (Phi) is 2.90. The summed E-state index contributed by atoms with van der Waals surface area (Å²) in [6.45, 7) is 0. The number of thiophene rings is 1. The number of nitrogens with zero attached hydrogens (tertiary/aromatic N) is 4. The normalized spacial score (nSPS) is 11.1. The highest BCUT2D eigenvalue weighted by Crippen LogP contribution is 2.38. The molecule has 22 heavy (non-hydrogen) atoms. The summed E-state index contributed by atoms with van der Waals surface area (Å²) >= 11 is 1.59. The number of hydrogen-bond acceptors (Lipinski definition) is 5. The molecule has 0 atom stereocenters. The Bertz CT molecular complexity index is 955. The van der Waals surface area contributed by atoms with Gasteiger partial charge < -0.3 is 10.3 Å². The Morgan fingerprint density at radius 1 is 1.27 bits per heavy atom. The minimum absolute atomic E-state index is 0.504. The average molecular weight is 306 g/mol. The highest BCUT2D eigenvalue weighted by molar-refractivity contribution is 7.21.